The lowest BCUT2D eigenvalue weighted by atomic mass is 10.1. The van der Waals surface area contributed by atoms with Crippen LogP contribution in [0.5, 0.6) is 0 Å². The third kappa shape index (κ3) is 2.97. The van der Waals surface area contributed by atoms with Crippen molar-refractivity contribution in [2.24, 2.45) is 0 Å². The van der Waals surface area contributed by atoms with Gasteiger partial charge in [-0.25, -0.2) is 4.79 Å². The average Bonchev–Trinajstić information content (AvgIpc) is 3.03. The second-order valence-corrected chi connectivity index (χ2v) is 5.33. The molecule has 1 aliphatic carbocycles. The Morgan fingerprint density at radius 2 is 1.95 bits per heavy atom. The van der Waals surface area contributed by atoms with Crippen molar-refractivity contribution in [3.63, 3.8) is 0 Å². The van der Waals surface area contributed by atoms with Gasteiger partial charge in [0.15, 0.2) is 0 Å². The maximum absolute atomic E-state index is 12.0. The lowest BCUT2D eigenvalue weighted by Crippen LogP contribution is -2.26. The van der Waals surface area contributed by atoms with Crippen LogP contribution in [0.3, 0.4) is 0 Å². The zero-order valence-corrected chi connectivity index (χ0v) is 11.8. The van der Waals surface area contributed by atoms with Crippen LogP contribution in [0.15, 0.2) is 0 Å². The molecular formula is C14H20N2O3. The Bertz CT molecular complexity index is 513. The van der Waals surface area contributed by atoms with Gasteiger partial charge in [0.25, 0.3) is 5.91 Å². The van der Waals surface area contributed by atoms with Gasteiger partial charge in [0.05, 0.1) is 11.7 Å². The highest BCUT2D eigenvalue weighted by molar-refractivity contribution is 6.00. The van der Waals surface area contributed by atoms with E-state index in [1.807, 2.05) is 0 Å². The standard InChI is InChI=1S/C14H20N2O3/c1-7(2)19-14(18)11-8(3)12(15-9(11)4)13(17)16-10-5-6-10/h7,10,15H,5-6H2,1-4H3,(H,16,17). The van der Waals surface area contributed by atoms with Gasteiger partial charge in [-0.2, -0.15) is 0 Å². The predicted octanol–water partition coefficient (Wildman–Crippen LogP) is 2.09. The van der Waals surface area contributed by atoms with Crippen molar-refractivity contribution in [2.75, 3.05) is 0 Å². The van der Waals surface area contributed by atoms with Gasteiger partial charge in [-0.15, -0.1) is 0 Å². The number of H-pyrrole nitrogens is 1. The predicted molar refractivity (Wildman–Crippen MR) is 71.3 cm³/mol. The van der Waals surface area contributed by atoms with E-state index in [0.29, 0.717) is 28.6 Å². The molecule has 1 amide bonds. The Hall–Kier alpha value is -1.78. The molecule has 0 unspecified atom stereocenters. The molecule has 2 N–H and O–H groups in total. The summed E-state index contributed by atoms with van der Waals surface area (Å²) in [4.78, 5) is 27.0. The number of aromatic amines is 1. The molecule has 1 aromatic rings. The summed E-state index contributed by atoms with van der Waals surface area (Å²) in [5, 5.41) is 2.91. The molecule has 0 spiro atoms. The van der Waals surface area contributed by atoms with E-state index in [1.165, 1.54) is 0 Å². The quantitative estimate of drug-likeness (QED) is 0.818. The van der Waals surface area contributed by atoms with E-state index >= 15 is 0 Å². The fourth-order valence-electron chi connectivity index (χ4n) is 2.04. The number of esters is 1. The summed E-state index contributed by atoms with van der Waals surface area (Å²) >= 11 is 0. The Labute approximate surface area is 112 Å². The molecule has 5 heteroatoms. The lowest BCUT2D eigenvalue weighted by molar-refractivity contribution is 0.0376. The monoisotopic (exact) mass is 264 g/mol. The van der Waals surface area contributed by atoms with Crippen molar-refractivity contribution in [1.29, 1.82) is 0 Å². The van der Waals surface area contributed by atoms with E-state index in [0.717, 1.165) is 12.8 Å². The number of hydrogen-bond acceptors (Lipinski definition) is 3. The number of amides is 1. The molecule has 19 heavy (non-hydrogen) atoms. The molecule has 0 saturated heterocycles. The van der Waals surface area contributed by atoms with Gasteiger partial charge in [0.1, 0.15) is 5.69 Å². The summed E-state index contributed by atoms with van der Waals surface area (Å²) < 4.78 is 5.19. The van der Waals surface area contributed by atoms with Crippen LogP contribution < -0.4 is 5.32 Å². The molecule has 1 aliphatic rings. The first kappa shape index (κ1) is 13.6. The Balaban J connectivity index is 2.22. The number of aromatic nitrogens is 1. The fraction of sp³-hybridized carbons (Fsp3) is 0.571. The first-order valence-electron chi connectivity index (χ1n) is 6.61. The molecule has 1 heterocycles. The number of nitrogens with one attached hydrogen (secondary N) is 2. The SMILES string of the molecule is Cc1[nH]c(C(=O)NC2CC2)c(C)c1C(=O)OC(C)C. The van der Waals surface area contributed by atoms with Crippen LogP contribution in [-0.4, -0.2) is 29.0 Å². The molecular weight excluding hydrogens is 244 g/mol. The molecule has 0 radical (unpaired) electrons. The minimum Gasteiger partial charge on any atom is -0.459 e. The minimum atomic E-state index is -0.383. The molecule has 104 valence electrons. The number of aryl methyl sites for hydroxylation is 1. The summed E-state index contributed by atoms with van der Waals surface area (Å²) in [5.41, 5.74) is 2.25. The van der Waals surface area contributed by atoms with Crippen molar-refractivity contribution in [3.05, 3.63) is 22.5 Å². The lowest BCUT2D eigenvalue weighted by Gasteiger charge is -2.08. The largest absolute Gasteiger partial charge is 0.459 e. The van der Waals surface area contributed by atoms with E-state index in [2.05, 4.69) is 10.3 Å². The zero-order chi connectivity index (χ0) is 14.2. The normalized spacial score (nSPS) is 14.6. The van der Waals surface area contributed by atoms with E-state index in [4.69, 9.17) is 4.74 Å². The number of ether oxygens (including phenoxy) is 1. The summed E-state index contributed by atoms with van der Waals surface area (Å²) in [7, 11) is 0. The van der Waals surface area contributed by atoms with Crippen LogP contribution in [0, 0.1) is 13.8 Å². The highest BCUT2D eigenvalue weighted by Gasteiger charge is 2.28. The first-order chi connectivity index (χ1) is 8.90. The second kappa shape index (κ2) is 5.07. The Morgan fingerprint density at radius 3 is 2.47 bits per heavy atom. The average molecular weight is 264 g/mol. The molecule has 1 fully saturated rings. The summed E-state index contributed by atoms with van der Waals surface area (Å²) in [5.74, 6) is -0.529. The van der Waals surface area contributed by atoms with Crippen LogP contribution in [0.25, 0.3) is 0 Å². The maximum atomic E-state index is 12.0. The van der Waals surface area contributed by atoms with Gasteiger partial charge in [0, 0.05) is 11.7 Å². The topological polar surface area (TPSA) is 71.2 Å². The third-order valence-corrected chi connectivity index (χ3v) is 3.12. The van der Waals surface area contributed by atoms with E-state index in [-0.39, 0.29) is 18.0 Å². The van der Waals surface area contributed by atoms with Crippen molar-refractivity contribution in [1.82, 2.24) is 10.3 Å². The van der Waals surface area contributed by atoms with Crippen molar-refractivity contribution in [2.45, 2.75) is 52.7 Å². The zero-order valence-electron chi connectivity index (χ0n) is 11.8. The van der Waals surface area contributed by atoms with Crippen LogP contribution >= 0.6 is 0 Å². The van der Waals surface area contributed by atoms with Crippen molar-refractivity contribution >= 4 is 11.9 Å². The van der Waals surface area contributed by atoms with E-state index in [9.17, 15) is 9.59 Å². The van der Waals surface area contributed by atoms with Crippen molar-refractivity contribution < 1.29 is 14.3 Å². The van der Waals surface area contributed by atoms with Crippen LogP contribution in [0.1, 0.15) is 58.8 Å². The van der Waals surface area contributed by atoms with Gasteiger partial charge in [-0.3, -0.25) is 4.79 Å². The molecule has 0 aliphatic heterocycles. The maximum Gasteiger partial charge on any atom is 0.340 e. The molecule has 0 bridgehead atoms. The number of carbonyl (C=O) groups is 2. The Morgan fingerprint density at radius 1 is 1.32 bits per heavy atom. The fourth-order valence-corrected chi connectivity index (χ4v) is 2.04. The first-order valence-corrected chi connectivity index (χ1v) is 6.61. The van der Waals surface area contributed by atoms with Gasteiger partial charge in [-0.1, -0.05) is 0 Å². The van der Waals surface area contributed by atoms with Gasteiger partial charge in [-0.05, 0) is 46.1 Å². The molecule has 1 aromatic heterocycles. The smallest absolute Gasteiger partial charge is 0.340 e. The molecule has 5 nitrogen and oxygen atoms in total. The highest BCUT2D eigenvalue weighted by Crippen LogP contribution is 2.22. The minimum absolute atomic E-state index is 0.147. The van der Waals surface area contributed by atoms with Crippen LogP contribution in [-0.2, 0) is 4.74 Å². The molecule has 0 atom stereocenters. The van der Waals surface area contributed by atoms with Crippen molar-refractivity contribution in [3.8, 4) is 0 Å². The highest BCUT2D eigenvalue weighted by atomic mass is 16.5. The summed E-state index contributed by atoms with van der Waals surface area (Å²) in [6.45, 7) is 7.14. The van der Waals surface area contributed by atoms with Gasteiger partial charge < -0.3 is 15.0 Å². The van der Waals surface area contributed by atoms with Crippen LogP contribution in [0.2, 0.25) is 0 Å². The number of carbonyl (C=O) groups excluding carboxylic acids is 2. The second-order valence-electron chi connectivity index (χ2n) is 5.33. The number of rotatable bonds is 4. The molecule has 2 rings (SSSR count). The summed E-state index contributed by atoms with van der Waals surface area (Å²) in [6, 6.07) is 0.293. The van der Waals surface area contributed by atoms with Gasteiger partial charge >= 0.3 is 5.97 Å². The van der Waals surface area contributed by atoms with E-state index in [1.54, 1.807) is 27.7 Å². The summed E-state index contributed by atoms with van der Waals surface area (Å²) in [6.07, 6.45) is 1.89. The molecule has 0 aromatic carbocycles. The van der Waals surface area contributed by atoms with Gasteiger partial charge in [0.2, 0.25) is 0 Å². The van der Waals surface area contributed by atoms with E-state index < -0.39 is 0 Å². The number of hydrogen-bond donors (Lipinski definition) is 2. The third-order valence-electron chi connectivity index (χ3n) is 3.12. The van der Waals surface area contributed by atoms with Crippen LogP contribution in [0.4, 0.5) is 0 Å². The molecule has 1 saturated carbocycles. The Kier molecular flexibility index (Phi) is 3.64.